The van der Waals surface area contributed by atoms with Gasteiger partial charge in [-0.25, -0.2) is 0 Å². The second-order valence-electron chi connectivity index (χ2n) is 4.55. The lowest BCUT2D eigenvalue weighted by molar-refractivity contribution is -0.138. The van der Waals surface area contributed by atoms with E-state index in [0.717, 1.165) is 16.2 Å². The molecule has 5 nitrogen and oxygen atoms in total. The average molecular weight is 260 g/mol. The molecule has 1 aromatic rings. The van der Waals surface area contributed by atoms with Crippen LogP contribution in [-0.4, -0.2) is 29.2 Å². The highest BCUT2D eigenvalue weighted by Crippen LogP contribution is 2.15. The van der Waals surface area contributed by atoms with Gasteiger partial charge < -0.3 is 5.32 Å². The first kappa shape index (κ1) is 13.3. The van der Waals surface area contributed by atoms with Gasteiger partial charge in [-0.2, -0.15) is 0 Å². The summed E-state index contributed by atoms with van der Waals surface area (Å²) in [5.41, 5.74) is 1.73. The predicted molar refractivity (Wildman–Crippen MR) is 70.4 cm³/mol. The van der Waals surface area contributed by atoms with E-state index in [2.05, 4.69) is 5.32 Å². The average Bonchev–Trinajstić information content (AvgIpc) is 2.70. The fraction of sp³-hybridized carbons (Fsp3) is 0.357. The molecule has 1 saturated heterocycles. The number of para-hydroxylation sites is 1. The van der Waals surface area contributed by atoms with Crippen LogP contribution in [0.4, 0.5) is 5.69 Å². The minimum atomic E-state index is -0.193. The Morgan fingerprint density at radius 1 is 1.21 bits per heavy atom. The minimum absolute atomic E-state index is 0.131. The zero-order chi connectivity index (χ0) is 13.8. The van der Waals surface area contributed by atoms with Crippen LogP contribution in [0.2, 0.25) is 0 Å². The van der Waals surface area contributed by atoms with Gasteiger partial charge in [-0.05, 0) is 18.6 Å². The van der Waals surface area contributed by atoms with Gasteiger partial charge in [0.2, 0.25) is 17.7 Å². The summed E-state index contributed by atoms with van der Waals surface area (Å²) < 4.78 is 0. The Balaban J connectivity index is 1.87. The van der Waals surface area contributed by atoms with Crippen molar-refractivity contribution in [1.82, 2.24) is 4.90 Å². The molecule has 1 fully saturated rings. The highest BCUT2D eigenvalue weighted by molar-refractivity contribution is 6.02. The second kappa shape index (κ2) is 5.65. The van der Waals surface area contributed by atoms with Gasteiger partial charge in [-0.3, -0.25) is 19.3 Å². The summed E-state index contributed by atoms with van der Waals surface area (Å²) in [6.45, 7) is 2.07. The summed E-state index contributed by atoms with van der Waals surface area (Å²) in [6, 6.07) is 7.46. The molecule has 19 heavy (non-hydrogen) atoms. The lowest BCUT2D eigenvalue weighted by atomic mass is 10.2. The standard InChI is InChI=1S/C14H16N2O3/c1-10-4-2-3-5-11(10)15-12(17)8-9-16-13(18)6-7-14(16)19/h2-5H,6-9H2,1H3,(H,15,17). The van der Waals surface area contributed by atoms with Crippen LogP contribution in [0.5, 0.6) is 0 Å². The minimum Gasteiger partial charge on any atom is -0.326 e. The molecule has 100 valence electrons. The maximum absolute atomic E-state index is 11.8. The Bertz CT molecular complexity index is 509. The molecule has 0 bridgehead atoms. The van der Waals surface area contributed by atoms with Crippen LogP contribution in [0.1, 0.15) is 24.8 Å². The molecular weight excluding hydrogens is 244 g/mol. The van der Waals surface area contributed by atoms with Crippen molar-refractivity contribution < 1.29 is 14.4 Å². The van der Waals surface area contributed by atoms with E-state index in [1.165, 1.54) is 0 Å². The van der Waals surface area contributed by atoms with Gasteiger partial charge in [-0.1, -0.05) is 18.2 Å². The Labute approximate surface area is 111 Å². The Morgan fingerprint density at radius 2 is 1.84 bits per heavy atom. The number of hydrogen-bond donors (Lipinski definition) is 1. The number of anilines is 1. The molecule has 5 heteroatoms. The number of nitrogens with one attached hydrogen (secondary N) is 1. The second-order valence-corrected chi connectivity index (χ2v) is 4.55. The van der Waals surface area contributed by atoms with E-state index in [1.54, 1.807) is 0 Å². The number of aryl methyl sites for hydroxylation is 1. The summed E-state index contributed by atoms with van der Waals surface area (Å²) in [6.07, 6.45) is 0.655. The maximum Gasteiger partial charge on any atom is 0.229 e. The van der Waals surface area contributed by atoms with E-state index in [1.807, 2.05) is 31.2 Å². The molecule has 1 aliphatic rings. The predicted octanol–water partition coefficient (Wildman–Crippen LogP) is 1.47. The molecule has 1 N–H and O–H groups in total. The first-order chi connectivity index (χ1) is 9.08. The van der Waals surface area contributed by atoms with Gasteiger partial charge in [0.15, 0.2) is 0 Å². The summed E-state index contributed by atoms with van der Waals surface area (Å²) in [5.74, 6) is -0.566. The van der Waals surface area contributed by atoms with Crippen LogP contribution in [0.25, 0.3) is 0 Å². The molecule has 1 heterocycles. The third kappa shape index (κ3) is 3.19. The summed E-state index contributed by atoms with van der Waals surface area (Å²) in [7, 11) is 0. The van der Waals surface area contributed by atoms with Gasteiger partial charge >= 0.3 is 0 Å². The van der Waals surface area contributed by atoms with Crippen LogP contribution >= 0.6 is 0 Å². The quantitative estimate of drug-likeness (QED) is 0.834. The topological polar surface area (TPSA) is 66.5 Å². The summed E-state index contributed by atoms with van der Waals surface area (Å²) in [4.78, 5) is 35.7. The molecule has 0 unspecified atom stereocenters. The van der Waals surface area contributed by atoms with Crippen molar-refractivity contribution in [3.05, 3.63) is 29.8 Å². The zero-order valence-electron chi connectivity index (χ0n) is 10.8. The molecule has 0 atom stereocenters. The van der Waals surface area contributed by atoms with Crippen molar-refractivity contribution in [3.63, 3.8) is 0 Å². The number of carbonyl (C=O) groups is 3. The van der Waals surface area contributed by atoms with E-state index >= 15 is 0 Å². The molecular formula is C14H16N2O3. The Kier molecular flexibility index (Phi) is 3.94. The van der Waals surface area contributed by atoms with E-state index < -0.39 is 0 Å². The van der Waals surface area contributed by atoms with Gasteiger partial charge in [0.05, 0.1) is 0 Å². The third-order valence-electron chi connectivity index (χ3n) is 3.14. The van der Waals surface area contributed by atoms with Crippen molar-refractivity contribution in [1.29, 1.82) is 0 Å². The Hall–Kier alpha value is -2.17. The van der Waals surface area contributed by atoms with Crippen molar-refractivity contribution in [2.24, 2.45) is 0 Å². The van der Waals surface area contributed by atoms with Crippen LogP contribution in [-0.2, 0) is 14.4 Å². The van der Waals surface area contributed by atoms with Gasteiger partial charge in [-0.15, -0.1) is 0 Å². The number of imide groups is 1. The van der Waals surface area contributed by atoms with Crippen molar-refractivity contribution in [3.8, 4) is 0 Å². The fourth-order valence-electron chi connectivity index (χ4n) is 2.01. The van der Waals surface area contributed by atoms with Crippen molar-refractivity contribution in [2.75, 3.05) is 11.9 Å². The molecule has 2 rings (SSSR count). The van der Waals surface area contributed by atoms with Crippen molar-refractivity contribution in [2.45, 2.75) is 26.2 Å². The van der Waals surface area contributed by atoms with Crippen LogP contribution in [0.3, 0.4) is 0 Å². The molecule has 1 aromatic carbocycles. The van der Waals surface area contributed by atoms with Gasteiger partial charge in [0, 0.05) is 31.5 Å². The number of carbonyl (C=O) groups excluding carboxylic acids is 3. The van der Waals surface area contributed by atoms with Crippen LogP contribution < -0.4 is 5.32 Å². The monoisotopic (exact) mass is 260 g/mol. The number of benzene rings is 1. The number of nitrogens with zero attached hydrogens (tertiary/aromatic N) is 1. The molecule has 0 spiro atoms. The molecule has 3 amide bonds. The van der Waals surface area contributed by atoms with E-state index in [4.69, 9.17) is 0 Å². The maximum atomic E-state index is 11.8. The van der Waals surface area contributed by atoms with Gasteiger partial charge in [0.25, 0.3) is 0 Å². The van der Waals surface area contributed by atoms with E-state index in [0.29, 0.717) is 0 Å². The molecule has 0 saturated carbocycles. The molecule has 0 radical (unpaired) electrons. The first-order valence-electron chi connectivity index (χ1n) is 6.26. The highest BCUT2D eigenvalue weighted by Gasteiger charge is 2.28. The molecule has 1 aliphatic heterocycles. The first-order valence-corrected chi connectivity index (χ1v) is 6.26. The van der Waals surface area contributed by atoms with Gasteiger partial charge in [0.1, 0.15) is 0 Å². The SMILES string of the molecule is Cc1ccccc1NC(=O)CCN1C(=O)CCC1=O. The number of likely N-dealkylation sites (tertiary alicyclic amines) is 1. The molecule has 0 aliphatic carbocycles. The van der Waals surface area contributed by atoms with Crippen LogP contribution in [0.15, 0.2) is 24.3 Å². The van der Waals surface area contributed by atoms with E-state index in [-0.39, 0.29) is 43.5 Å². The normalized spacial score (nSPS) is 14.9. The van der Waals surface area contributed by atoms with Crippen molar-refractivity contribution >= 4 is 23.4 Å². The lowest BCUT2D eigenvalue weighted by Crippen LogP contribution is -2.32. The summed E-state index contributed by atoms with van der Waals surface area (Å²) in [5, 5.41) is 2.78. The smallest absolute Gasteiger partial charge is 0.229 e. The molecule has 0 aromatic heterocycles. The van der Waals surface area contributed by atoms with E-state index in [9.17, 15) is 14.4 Å². The number of hydrogen-bond acceptors (Lipinski definition) is 3. The largest absolute Gasteiger partial charge is 0.326 e. The Morgan fingerprint density at radius 3 is 2.47 bits per heavy atom. The highest BCUT2D eigenvalue weighted by atomic mass is 16.2. The summed E-state index contributed by atoms with van der Waals surface area (Å²) >= 11 is 0. The number of rotatable bonds is 4. The lowest BCUT2D eigenvalue weighted by Gasteiger charge is -2.13. The third-order valence-corrected chi connectivity index (χ3v) is 3.14. The fourth-order valence-corrected chi connectivity index (χ4v) is 2.01. The zero-order valence-corrected chi connectivity index (χ0v) is 10.8. The number of amides is 3. The van der Waals surface area contributed by atoms with Crippen LogP contribution in [0, 0.1) is 6.92 Å².